The van der Waals surface area contributed by atoms with E-state index in [1.807, 2.05) is 29.2 Å². The Hall–Kier alpha value is -1.88. The second-order valence-corrected chi connectivity index (χ2v) is 6.05. The molecule has 0 radical (unpaired) electrons. The molecule has 1 aliphatic rings. The molecule has 1 heterocycles. The molecule has 4 nitrogen and oxygen atoms in total. The number of nitrogens with zero attached hydrogens (tertiary/aromatic N) is 1. The van der Waals surface area contributed by atoms with Crippen molar-refractivity contribution in [3.8, 4) is 0 Å². The quantitative estimate of drug-likeness (QED) is 0.909. The Kier molecular flexibility index (Phi) is 4.96. The number of hydrogen-bond acceptors (Lipinski definition) is 3. The maximum atomic E-state index is 12.7. The number of piperazine rings is 1. The predicted molar refractivity (Wildman–Crippen MR) is 90.5 cm³/mol. The fraction of sp³-hybridized carbons (Fsp3) is 0.278. The van der Waals surface area contributed by atoms with Crippen LogP contribution in [0, 0.1) is 0 Å². The smallest absolute Gasteiger partial charge is 0.253 e. The fourth-order valence-electron chi connectivity index (χ4n) is 2.89. The summed E-state index contributed by atoms with van der Waals surface area (Å²) in [5.74, 6) is -0.0150. The van der Waals surface area contributed by atoms with Crippen molar-refractivity contribution in [2.24, 2.45) is 0 Å². The Morgan fingerprint density at radius 3 is 2.87 bits per heavy atom. The lowest BCUT2D eigenvalue weighted by atomic mass is 10.0. The van der Waals surface area contributed by atoms with Crippen molar-refractivity contribution in [1.29, 1.82) is 0 Å². The van der Waals surface area contributed by atoms with Crippen molar-refractivity contribution in [3.63, 3.8) is 0 Å². The molecule has 0 saturated carbocycles. The highest BCUT2D eigenvalue weighted by Gasteiger charge is 2.26. The van der Waals surface area contributed by atoms with Crippen LogP contribution in [0.2, 0.25) is 5.02 Å². The van der Waals surface area contributed by atoms with E-state index in [0.29, 0.717) is 23.7 Å². The molecule has 1 saturated heterocycles. The first-order valence-electron chi connectivity index (χ1n) is 7.66. The number of carbonyl (C=O) groups is 1. The zero-order valence-electron chi connectivity index (χ0n) is 12.7. The normalized spacial score (nSPS) is 18.0. The van der Waals surface area contributed by atoms with E-state index < -0.39 is 0 Å². The minimum atomic E-state index is -0.0646. The Morgan fingerprint density at radius 2 is 2.09 bits per heavy atom. The van der Waals surface area contributed by atoms with Gasteiger partial charge in [0.05, 0.1) is 12.6 Å². The van der Waals surface area contributed by atoms with Gasteiger partial charge in [-0.15, -0.1) is 0 Å². The number of aliphatic hydroxyl groups excluding tert-OH is 1. The van der Waals surface area contributed by atoms with Gasteiger partial charge < -0.3 is 15.3 Å². The van der Waals surface area contributed by atoms with Crippen molar-refractivity contribution in [1.82, 2.24) is 10.2 Å². The van der Waals surface area contributed by atoms with Gasteiger partial charge in [-0.1, -0.05) is 41.9 Å². The lowest BCUT2D eigenvalue weighted by Gasteiger charge is -2.34. The van der Waals surface area contributed by atoms with Crippen molar-refractivity contribution < 1.29 is 9.90 Å². The number of carbonyl (C=O) groups excluding carboxylic acids is 1. The minimum absolute atomic E-state index is 0.0150. The summed E-state index contributed by atoms with van der Waals surface area (Å²) in [7, 11) is 0. The van der Waals surface area contributed by atoms with Gasteiger partial charge in [0, 0.05) is 30.2 Å². The number of hydrogen-bond donors (Lipinski definition) is 2. The number of aliphatic hydroxyl groups is 1. The van der Waals surface area contributed by atoms with Gasteiger partial charge in [-0.05, 0) is 29.3 Å². The molecule has 1 atom stereocenters. The summed E-state index contributed by atoms with van der Waals surface area (Å²) in [6.07, 6.45) is 0. The van der Waals surface area contributed by atoms with Crippen LogP contribution in [0.1, 0.15) is 27.5 Å². The zero-order valence-corrected chi connectivity index (χ0v) is 13.5. The van der Waals surface area contributed by atoms with Crippen LogP contribution in [-0.2, 0) is 6.61 Å². The van der Waals surface area contributed by atoms with E-state index in [4.69, 9.17) is 11.6 Å². The molecule has 2 aromatic rings. The van der Waals surface area contributed by atoms with Crippen LogP contribution in [0.3, 0.4) is 0 Å². The number of rotatable bonds is 3. The minimum Gasteiger partial charge on any atom is -0.392 e. The molecule has 1 amide bonds. The van der Waals surface area contributed by atoms with Crippen LogP contribution >= 0.6 is 11.6 Å². The molecule has 0 aliphatic carbocycles. The van der Waals surface area contributed by atoms with Crippen molar-refractivity contribution in [3.05, 3.63) is 70.2 Å². The van der Waals surface area contributed by atoms with Gasteiger partial charge in [-0.3, -0.25) is 4.79 Å². The molecule has 1 unspecified atom stereocenters. The van der Waals surface area contributed by atoms with Crippen molar-refractivity contribution in [2.75, 3.05) is 19.6 Å². The molecule has 1 aliphatic heterocycles. The molecule has 2 N–H and O–H groups in total. The highest BCUT2D eigenvalue weighted by atomic mass is 35.5. The highest BCUT2D eigenvalue weighted by molar-refractivity contribution is 6.31. The van der Waals surface area contributed by atoms with Gasteiger partial charge >= 0.3 is 0 Å². The molecule has 0 aromatic heterocycles. The lowest BCUT2D eigenvalue weighted by Crippen LogP contribution is -2.48. The summed E-state index contributed by atoms with van der Waals surface area (Å²) in [6, 6.07) is 14.9. The Labute approximate surface area is 140 Å². The van der Waals surface area contributed by atoms with Gasteiger partial charge in [0.25, 0.3) is 5.91 Å². The Morgan fingerprint density at radius 1 is 1.26 bits per heavy atom. The highest BCUT2D eigenvalue weighted by Crippen LogP contribution is 2.25. The summed E-state index contributed by atoms with van der Waals surface area (Å²) in [5, 5.41) is 13.4. The first-order chi connectivity index (χ1) is 11.2. The zero-order chi connectivity index (χ0) is 16.2. The summed E-state index contributed by atoms with van der Waals surface area (Å²) < 4.78 is 0. The van der Waals surface area contributed by atoms with Crippen LogP contribution in [0.25, 0.3) is 0 Å². The average molecular weight is 331 g/mol. The number of amides is 1. The van der Waals surface area contributed by atoms with Gasteiger partial charge in [-0.25, -0.2) is 0 Å². The van der Waals surface area contributed by atoms with E-state index in [-0.39, 0.29) is 18.6 Å². The third-order valence-electron chi connectivity index (χ3n) is 4.10. The standard InChI is InChI=1S/C18H19ClN2O2/c19-16-7-2-1-6-15(16)17-11-21(9-8-20-17)18(23)14-5-3-4-13(10-14)12-22/h1-7,10,17,20,22H,8-9,11-12H2. The third-order valence-corrected chi connectivity index (χ3v) is 4.44. The van der Waals surface area contributed by atoms with Crippen LogP contribution in [0.5, 0.6) is 0 Å². The molecular formula is C18H19ClN2O2. The van der Waals surface area contributed by atoms with E-state index in [0.717, 1.165) is 17.7 Å². The first kappa shape index (κ1) is 16.0. The Balaban J connectivity index is 1.78. The second kappa shape index (κ2) is 7.13. The summed E-state index contributed by atoms with van der Waals surface area (Å²) in [4.78, 5) is 14.5. The third kappa shape index (κ3) is 3.55. The molecule has 5 heteroatoms. The molecule has 120 valence electrons. The van der Waals surface area contributed by atoms with Crippen LogP contribution in [0.4, 0.5) is 0 Å². The van der Waals surface area contributed by atoms with E-state index in [9.17, 15) is 9.90 Å². The van der Waals surface area contributed by atoms with Crippen molar-refractivity contribution in [2.45, 2.75) is 12.6 Å². The number of nitrogens with one attached hydrogen (secondary N) is 1. The molecule has 0 spiro atoms. The largest absolute Gasteiger partial charge is 0.392 e. The van der Waals surface area contributed by atoms with Gasteiger partial charge in [0.15, 0.2) is 0 Å². The molecule has 23 heavy (non-hydrogen) atoms. The molecule has 2 aromatic carbocycles. The Bertz CT molecular complexity index is 705. The molecular weight excluding hydrogens is 312 g/mol. The van der Waals surface area contributed by atoms with Gasteiger partial charge in [-0.2, -0.15) is 0 Å². The second-order valence-electron chi connectivity index (χ2n) is 5.64. The molecule has 3 rings (SSSR count). The van der Waals surface area contributed by atoms with Gasteiger partial charge in [0.1, 0.15) is 0 Å². The SMILES string of the molecule is O=C(c1cccc(CO)c1)N1CCNC(c2ccccc2Cl)C1. The number of halogens is 1. The average Bonchev–Trinajstić information content (AvgIpc) is 2.61. The summed E-state index contributed by atoms with van der Waals surface area (Å²) in [5.41, 5.74) is 2.36. The number of benzene rings is 2. The predicted octanol–water partition coefficient (Wildman–Crippen LogP) is 2.62. The fourth-order valence-corrected chi connectivity index (χ4v) is 3.15. The van der Waals surface area contributed by atoms with E-state index in [1.165, 1.54) is 0 Å². The van der Waals surface area contributed by atoms with Crippen molar-refractivity contribution >= 4 is 17.5 Å². The van der Waals surface area contributed by atoms with Crippen LogP contribution in [-0.4, -0.2) is 35.5 Å². The van der Waals surface area contributed by atoms with Gasteiger partial charge in [0.2, 0.25) is 0 Å². The van der Waals surface area contributed by atoms with E-state index in [2.05, 4.69) is 5.32 Å². The summed E-state index contributed by atoms with van der Waals surface area (Å²) in [6.45, 7) is 1.89. The summed E-state index contributed by atoms with van der Waals surface area (Å²) >= 11 is 6.27. The molecule has 0 bridgehead atoms. The topological polar surface area (TPSA) is 52.6 Å². The van der Waals surface area contributed by atoms with Crippen LogP contribution < -0.4 is 5.32 Å². The van der Waals surface area contributed by atoms with E-state index in [1.54, 1.807) is 24.3 Å². The maximum Gasteiger partial charge on any atom is 0.253 e. The lowest BCUT2D eigenvalue weighted by molar-refractivity contribution is 0.0703. The molecule has 1 fully saturated rings. The monoisotopic (exact) mass is 330 g/mol. The van der Waals surface area contributed by atoms with Crippen LogP contribution in [0.15, 0.2) is 48.5 Å². The maximum absolute atomic E-state index is 12.7. The first-order valence-corrected chi connectivity index (χ1v) is 8.03. The van der Waals surface area contributed by atoms with E-state index >= 15 is 0 Å².